The molecule has 0 aliphatic carbocycles. The molecule has 1 N–H and O–H groups in total. The molecule has 1 saturated heterocycles. The second kappa shape index (κ2) is 5.88. The van der Waals surface area contributed by atoms with Crippen LogP contribution in [-0.2, 0) is 21.3 Å². The van der Waals surface area contributed by atoms with Gasteiger partial charge in [-0.2, -0.15) is 4.31 Å². The first-order chi connectivity index (χ1) is 8.93. The summed E-state index contributed by atoms with van der Waals surface area (Å²) in [6.07, 6.45) is -0.122. The van der Waals surface area contributed by atoms with Crippen LogP contribution >= 0.6 is 11.3 Å². The van der Waals surface area contributed by atoms with Gasteiger partial charge in [-0.1, -0.05) is 0 Å². The van der Waals surface area contributed by atoms with Crippen LogP contribution in [0.15, 0.2) is 16.3 Å². The van der Waals surface area contributed by atoms with E-state index in [0.717, 1.165) is 4.88 Å². The van der Waals surface area contributed by atoms with E-state index in [1.807, 2.05) is 20.9 Å². The number of rotatable bonds is 4. The summed E-state index contributed by atoms with van der Waals surface area (Å²) in [6.45, 7) is 5.33. The van der Waals surface area contributed by atoms with Crippen molar-refractivity contribution in [2.24, 2.45) is 0 Å². The molecule has 1 aromatic heterocycles. The number of hydrogen-bond donors (Lipinski definition) is 1. The lowest BCUT2D eigenvalue weighted by Gasteiger charge is -2.34. The van der Waals surface area contributed by atoms with Crippen LogP contribution in [0.5, 0.6) is 0 Å². The summed E-state index contributed by atoms with van der Waals surface area (Å²) in [6, 6.07) is 1.75. The van der Waals surface area contributed by atoms with Crippen molar-refractivity contribution in [3.05, 3.63) is 16.3 Å². The Balaban J connectivity index is 2.20. The predicted molar refractivity (Wildman–Crippen MR) is 75.9 cm³/mol. The number of nitrogens with one attached hydrogen (secondary N) is 1. The molecule has 5 nitrogen and oxygen atoms in total. The van der Waals surface area contributed by atoms with Gasteiger partial charge in [-0.15, -0.1) is 11.3 Å². The van der Waals surface area contributed by atoms with E-state index in [1.165, 1.54) is 15.6 Å². The van der Waals surface area contributed by atoms with Crippen molar-refractivity contribution in [2.45, 2.75) is 37.5 Å². The van der Waals surface area contributed by atoms with E-state index in [-0.39, 0.29) is 12.2 Å². The Morgan fingerprint density at radius 2 is 2.05 bits per heavy atom. The van der Waals surface area contributed by atoms with Crippen molar-refractivity contribution < 1.29 is 13.2 Å². The highest BCUT2D eigenvalue weighted by atomic mass is 32.2. The lowest BCUT2D eigenvalue weighted by atomic mass is 10.3. The molecule has 1 aliphatic rings. The number of sulfonamides is 1. The summed E-state index contributed by atoms with van der Waals surface area (Å²) in [5.41, 5.74) is 0. The zero-order chi connectivity index (χ0) is 14.0. The van der Waals surface area contributed by atoms with Gasteiger partial charge in [0.05, 0.1) is 17.1 Å². The Labute approximate surface area is 118 Å². The van der Waals surface area contributed by atoms with Crippen LogP contribution < -0.4 is 5.32 Å². The molecule has 2 heterocycles. The van der Waals surface area contributed by atoms with Gasteiger partial charge in [-0.05, 0) is 27.0 Å². The van der Waals surface area contributed by atoms with Gasteiger partial charge in [0.25, 0.3) is 0 Å². The first kappa shape index (κ1) is 14.9. The SMILES string of the molecule is CNCc1cc(S(=O)(=O)N2C[C@@H](C)O[C@@H](C)C2)cs1. The molecule has 2 atom stereocenters. The summed E-state index contributed by atoms with van der Waals surface area (Å²) in [5, 5.41) is 4.74. The Morgan fingerprint density at radius 3 is 2.63 bits per heavy atom. The van der Waals surface area contributed by atoms with Gasteiger partial charge in [0.1, 0.15) is 0 Å². The van der Waals surface area contributed by atoms with Crippen molar-refractivity contribution in [2.75, 3.05) is 20.1 Å². The highest BCUT2D eigenvalue weighted by molar-refractivity contribution is 7.89. The lowest BCUT2D eigenvalue weighted by Crippen LogP contribution is -2.47. The predicted octanol–water partition coefficient (Wildman–Crippen LogP) is 1.27. The Hall–Kier alpha value is -0.470. The van der Waals surface area contributed by atoms with E-state index >= 15 is 0 Å². The van der Waals surface area contributed by atoms with Gasteiger partial charge >= 0.3 is 0 Å². The number of nitrogens with zero attached hydrogens (tertiary/aromatic N) is 1. The summed E-state index contributed by atoms with van der Waals surface area (Å²) in [4.78, 5) is 1.42. The first-order valence-electron chi connectivity index (χ1n) is 6.31. The van der Waals surface area contributed by atoms with Gasteiger partial charge in [-0.3, -0.25) is 0 Å². The summed E-state index contributed by atoms with van der Waals surface area (Å²) < 4.78 is 32.2. The molecule has 0 bridgehead atoms. The first-order valence-corrected chi connectivity index (χ1v) is 8.63. The standard InChI is InChI=1S/C12H20N2O3S2/c1-9-6-14(7-10(2)17-9)19(15,16)12-4-11(5-13-3)18-8-12/h4,8-10,13H,5-7H2,1-3H3/t9-,10+. The lowest BCUT2D eigenvalue weighted by molar-refractivity contribution is -0.0440. The normalized spacial score (nSPS) is 25.6. The molecule has 1 aliphatic heterocycles. The van der Waals surface area contributed by atoms with Crippen LogP contribution in [0.1, 0.15) is 18.7 Å². The average Bonchev–Trinajstić information content (AvgIpc) is 2.77. The molecule has 2 rings (SSSR count). The van der Waals surface area contributed by atoms with Crippen LogP contribution in [0.3, 0.4) is 0 Å². The third kappa shape index (κ3) is 3.35. The van der Waals surface area contributed by atoms with E-state index in [4.69, 9.17) is 4.74 Å². The molecule has 0 unspecified atom stereocenters. The van der Waals surface area contributed by atoms with Gasteiger partial charge < -0.3 is 10.1 Å². The smallest absolute Gasteiger partial charge is 0.244 e. The molecule has 0 spiro atoms. The minimum Gasteiger partial charge on any atom is -0.373 e. The van der Waals surface area contributed by atoms with Crippen LogP contribution in [0.2, 0.25) is 0 Å². The second-order valence-electron chi connectivity index (χ2n) is 4.86. The van der Waals surface area contributed by atoms with Gasteiger partial charge in [0, 0.05) is 29.9 Å². The van der Waals surface area contributed by atoms with E-state index in [9.17, 15) is 8.42 Å². The maximum Gasteiger partial charge on any atom is 0.244 e. The molecule has 1 fully saturated rings. The fraction of sp³-hybridized carbons (Fsp3) is 0.667. The van der Waals surface area contributed by atoms with Crippen LogP contribution in [0.25, 0.3) is 0 Å². The van der Waals surface area contributed by atoms with Crippen molar-refractivity contribution in [1.82, 2.24) is 9.62 Å². The minimum absolute atomic E-state index is 0.0612. The number of thiophene rings is 1. The van der Waals surface area contributed by atoms with Crippen molar-refractivity contribution in [3.8, 4) is 0 Å². The van der Waals surface area contributed by atoms with Gasteiger partial charge in [0.2, 0.25) is 10.0 Å². The monoisotopic (exact) mass is 304 g/mol. The second-order valence-corrected chi connectivity index (χ2v) is 7.79. The quantitative estimate of drug-likeness (QED) is 0.910. The maximum atomic E-state index is 12.6. The average molecular weight is 304 g/mol. The molecule has 7 heteroatoms. The van der Waals surface area contributed by atoms with Crippen LogP contribution in [0, 0.1) is 0 Å². The molecule has 0 amide bonds. The van der Waals surface area contributed by atoms with Crippen molar-refractivity contribution >= 4 is 21.4 Å². The zero-order valence-electron chi connectivity index (χ0n) is 11.4. The Morgan fingerprint density at radius 1 is 1.42 bits per heavy atom. The Kier molecular flexibility index (Phi) is 4.62. The molecule has 1 aromatic rings. The largest absolute Gasteiger partial charge is 0.373 e. The zero-order valence-corrected chi connectivity index (χ0v) is 13.1. The fourth-order valence-corrected chi connectivity index (χ4v) is 5.10. The number of morpholine rings is 1. The number of ether oxygens (including phenoxy) is 1. The molecule has 19 heavy (non-hydrogen) atoms. The number of hydrogen-bond acceptors (Lipinski definition) is 5. The molecule has 0 saturated carbocycles. The fourth-order valence-electron chi connectivity index (χ4n) is 2.24. The summed E-state index contributed by atoms with van der Waals surface area (Å²) >= 11 is 1.47. The van der Waals surface area contributed by atoms with Gasteiger partial charge in [0.15, 0.2) is 0 Å². The topological polar surface area (TPSA) is 58.6 Å². The van der Waals surface area contributed by atoms with Gasteiger partial charge in [-0.25, -0.2) is 8.42 Å². The van der Waals surface area contributed by atoms with E-state index in [0.29, 0.717) is 24.5 Å². The Bertz CT molecular complexity index is 517. The minimum atomic E-state index is -3.39. The summed E-state index contributed by atoms with van der Waals surface area (Å²) in [5.74, 6) is 0. The summed E-state index contributed by atoms with van der Waals surface area (Å²) in [7, 11) is -1.54. The molecule has 108 valence electrons. The third-order valence-corrected chi connectivity index (χ3v) is 5.90. The van der Waals surface area contributed by atoms with Crippen molar-refractivity contribution in [3.63, 3.8) is 0 Å². The van der Waals surface area contributed by atoms with E-state index < -0.39 is 10.0 Å². The van der Waals surface area contributed by atoms with E-state index in [2.05, 4.69) is 5.32 Å². The molecule has 0 radical (unpaired) electrons. The van der Waals surface area contributed by atoms with Crippen molar-refractivity contribution in [1.29, 1.82) is 0 Å². The highest BCUT2D eigenvalue weighted by Crippen LogP contribution is 2.25. The third-order valence-electron chi connectivity index (χ3n) is 3.00. The van der Waals surface area contributed by atoms with Crippen LogP contribution in [-0.4, -0.2) is 45.1 Å². The van der Waals surface area contributed by atoms with Crippen LogP contribution in [0.4, 0.5) is 0 Å². The molecular weight excluding hydrogens is 284 g/mol. The highest BCUT2D eigenvalue weighted by Gasteiger charge is 2.32. The molecular formula is C12H20N2O3S2. The maximum absolute atomic E-state index is 12.6. The van der Waals surface area contributed by atoms with E-state index in [1.54, 1.807) is 11.4 Å². The molecule has 0 aromatic carbocycles.